The lowest BCUT2D eigenvalue weighted by Crippen LogP contribution is -2.39. The number of nitrogen functional groups attached to an aromatic ring is 1. The number of carbonyl (C=O) groups excluding carboxylic acids is 2. The summed E-state index contributed by atoms with van der Waals surface area (Å²) in [7, 11) is 1.26. The van der Waals surface area contributed by atoms with Crippen molar-refractivity contribution in [1.82, 2.24) is 10.3 Å². The number of amides is 1. The van der Waals surface area contributed by atoms with Gasteiger partial charge in [-0.15, -0.1) is 0 Å². The Morgan fingerprint density at radius 2 is 2.27 bits per heavy atom. The molecule has 0 radical (unpaired) electrons. The quantitative estimate of drug-likeness (QED) is 0.607. The van der Waals surface area contributed by atoms with Crippen LogP contribution in [0.4, 0.5) is 5.69 Å². The summed E-state index contributed by atoms with van der Waals surface area (Å²) in [4.78, 5) is 25.2. The Kier molecular flexibility index (Phi) is 3.33. The minimum absolute atomic E-state index is 0.309. The molecule has 0 aliphatic carbocycles. The number of esters is 1. The maximum absolute atomic E-state index is 11.5. The van der Waals surface area contributed by atoms with E-state index in [4.69, 9.17) is 5.73 Å². The minimum Gasteiger partial charge on any atom is -0.467 e. The number of nitrogens with two attached hydrogens (primary N) is 1. The summed E-state index contributed by atoms with van der Waals surface area (Å²) < 4.78 is 4.47. The van der Waals surface area contributed by atoms with Crippen LogP contribution >= 0.6 is 0 Å². The SMILES string of the molecule is COC(=O)C(C)NC(=O)c1cc(N)c[nH]1. The summed E-state index contributed by atoms with van der Waals surface area (Å²) in [5, 5.41) is 2.46. The second kappa shape index (κ2) is 4.50. The Bertz CT molecular complexity index is 372. The van der Waals surface area contributed by atoms with Crippen molar-refractivity contribution in [3.05, 3.63) is 18.0 Å². The number of hydrogen-bond donors (Lipinski definition) is 3. The third-order valence-corrected chi connectivity index (χ3v) is 1.85. The molecule has 0 saturated carbocycles. The summed E-state index contributed by atoms with van der Waals surface area (Å²) in [6.07, 6.45) is 1.50. The first-order chi connectivity index (χ1) is 7.04. The molecule has 6 heteroatoms. The fourth-order valence-corrected chi connectivity index (χ4v) is 1.05. The molecule has 1 unspecified atom stereocenters. The average Bonchev–Trinajstić information content (AvgIpc) is 2.63. The number of aromatic amines is 1. The van der Waals surface area contributed by atoms with E-state index in [1.54, 1.807) is 0 Å². The van der Waals surface area contributed by atoms with Gasteiger partial charge in [0.15, 0.2) is 0 Å². The van der Waals surface area contributed by atoms with E-state index < -0.39 is 17.9 Å². The first-order valence-corrected chi connectivity index (χ1v) is 4.37. The van der Waals surface area contributed by atoms with Crippen LogP contribution in [0.2, 0.25) is 0 Å². The zero-order chi connectivity index (χ0) is 11.4. The lowest BCUT2D eigenvalue weighted by atomic mass is 10.3. The number of aromatic nitrogens is 1. The molecule has 0 aliphatic heterocycles. The largest absolute Gasteiger partial charge is 0.467 e. The zero-order valence-corrected chi connectivity index (χ0v) is 8.53. The highest BCUT2D eigenvalue weighted by Crippen LogP contribution is 2.04. The van der Waals surface area contributed by atoms with Crippen LogP contribution in [0.1, 0.15) is 17.4 Å². The lowest BCUT2D eigenvalue weighted by Gasteiger charge is -2.10. The molecule has 4 N–H and O–H groups in total. The van der Waals surface area contributed by atoms with Crippen molar-refractivity contribution in [2.24, 2.45) is 0 Å². The van der Waals surface area contributed by atoms with Crippen LogP contribution in [-0.2, 0) is 9.53 Å². The maximum atomic E-state index is 11.5. The van der Waals surface area contributed by atoms with Crippen molar-refractivity contribution in [2.45, 2.75) is 13.0 Å². The van der Waals surface area contributed by atoms with Crippen molar-refractivity contribution in [1.29, 1.82) is 0 Å². The number of ether oxygens (including phenoxy) is 1. The molecular weight excluding hydrogens is 198 g/mol. The van der Waals surface area contributed by atoms with Crippen LogP contribution in [0, 0.1) is 0 Å². The second-order valence-corrected chi connectivity index (χ2v) is 3.06. The maximum Gasteiger partial charge on any atom is 0.328 e. The summed E-state index contributed by atoms with van der Waals surface area (Å²) in [5.74, 6) is -0.896. The lowest BCUT2D eigenvalue weighted by molar-refractivity contribution is -0.142. The van der Waals surface area contributed by atoms with Crippen molar-refractivity contribution in [3.8, 4) is 0 Å². The molecule has 1 atom stereocenters. The molecule has 0 saturated heterocycles. The molecule has 1 rings (SSSR count). The van der Waals surface area contributed by atoms with Gasteiger partial charge in [0.2, 0.25) is 0 Å². The van der Waals surface area contributed by atoms with Gasteiger partial charge in [-0.2, -0.15) is 0 Å². The number of methoxy groups -OCH3 is 1. The number of carbonyl (C=O) groups is 2. The normalized spacial score (nSPS) is 11.9. The van der Waals surface area contributed by atoms with E-state index >= 15 is 0 Å². The van der Waals surface area contributed by atoms with Gasteiger partial charge < -0.3 is 20.8 Å². The summed E-state index contributed by atoms with van der Waals surface area (Å²) in [6, 6.07) is 0.798. The van der Waals surface area contributed by atoms with Crippen molar-refractivity contribution < 1.29 is 14.3 Å². The summed E-state index contributed by atoms with van der Waals surface area (Å²) in [5.41, 5.74) is 6.20. The summed E-state index contributed by atoms with van der Waals surface area (Å²) in [6.45, 7) is 1.54. The molecule has 82 valence electrons. The molecule has 1 aromatic heterocycles. The Balaban J connectivity index is 2.60. The minimum atomic E-state index is -0.688. The molecule has 0 aromatic carbocycles. The smallest absolute Gasteiger partial charge is 0.328 e. The van der Waals surface area contributed by atoms with E-state index in [1.165, 1.54) is 26.3 Å². The predicted molar refractivity (Wildman–Crippen MR) is 54.1 cm³/mol. The van der Waals surface area contributed by atoms with Gasteiger partial charge in [0.1, 0.15) is 11.7 Å². The van der Waals surface area contributed by atoms with Crippen molar-refractivity contribution in [3.63, 3.8) is 0 Å². The van der Waals surface area contributed by atoms with Crippen molar-refractivity contribution >= 4 is 17.6 Å². The molecule has 0 spiro atoms. The molecule has 1 aromatic rings. The van der Waals surface area contributed by atoms with E-state index in [9.17, 15) is 9.59 Å². The van der Waals surface area contributed by atoms with Gasteiger partial charge in [-0.25, -0.2) is 4.79 Å². The number of anilines is 1. The number of rotatable bonds is 3. The van der Waals surface area contributed by atoms with E-state index in [0.717, 1.165) is 0 Å². The van der Waals surface area contributed by atoms with E-state index in [1.807, 2.05) is 0 Å². The molecule has 0 aliphatic rings. The van der Waals surface area contributed by atoms with Gasteiger partial charge in [-0.1, -0.05) is 0 Å². The molecule has 0 bridgehead atoms. The number of H-pyrrole nitrogens is 1. The standard InChI is InChI=1S/C9H13N3O3/c1-5(9(14)15-2)12-8(13)7-3-6(10)4-11-7/h3-5,11H,10H2,1-2H3,(H,12,13). The van der Waals surface area contributed by atoms with Gasteiger partial charge in [0, 0.05) is 11.9 Å². The predicted octanol–water partition coefficient (Wildman–Crippen LogP) is -0.112. The van der Waals surface area contributed by atoms with Gasteiger partial charge in [0.05, 0.1) is 7.11 Å². The van der Waals surface area contributed by atoms with Crippen LogP contribution in [0.5, 0.6) is 0 Å². The van der Waals surface area contributed by atoms with Crippen LogP contribution < -0.4 is 11.1 Å². The van der Waals surface area contributed by atoms with Crippen molar-refractivity contribution in [2.75, 3.05) is 12.8 Å². The van der Waals surface area contributed by atoms with Crippen LogP contribution in [-0.4, -0.2) is 30.0 Å². The number of hydrogen-bond acceptors (Lipinski definition) is 4. The second-order valence-electron chi connectivity index (χ2n) is 3.06. The molecule has 6 nitrogen and oxygen atoms in total. The third kappa shape index (κ3) is 2.73. The van der Waals surface area contributed by atoms with E-state index in [0.29, 0.717) is 11.4 Å². The highest BCUT2D eigenvalue weighted by atomic mass is 16.5. The first-order valence-electron chi connectivity index (χ1n) is 4.37. The zero-order valence-electron chi connectivity index (χ0n) is 8.53. The van der Waals surface area contributed by atoms with Crippen LogP contribution in [0.25, 0.3) is 0 Å². The van der Waals surface area contributed by atoms with Gasteiger partial charge in [-0.3, -0.25) is 4.79 Å². The van der Waals surface area contributed by atoms with Gasteiger partial charge in [0.25, 0.3) is 5.91 Å². The fraction of sp³-hybridized carbons (Fsp3) is 0.333. The summed E-state index contributed by atoms with van der Waals surface area (Å²) >= 11 is 0. The molecule has 15 heavy (non-hydrogen) atoms. The highest BCUT2D eigenvalue weighted by Gasteiger charge is 2.17. The van der Waals surface area contributed by atoms with Crippen LogP contribution in [0.3, 0.4) is 0 Å². The Hall–Kier alpha value is -1.98. The molecular formula is C9H13N3O3. The fourth-order valence-electron chi connectivity index (χ4n) is 1.05. The van der Waals surface area contributed by atoms with Gasteiger partial charge >= 0.3 is 5.97 Å². The Morgan fingerprint density at radius 3 is 2.73 bits per heavy atom. The molecule has 1 heterocycles. The van der Waals surface area contributed by atoms with Gasteiger partial charge in [-0.05, 0) is 13.0 Å². The number of nitrogens with one attached hydrogen (secondary N) is 2. The monoisotopic (exact) mass is 211 g/mol. The van der Waals surface area contributed by atoms with E-state index in [-0.39, 0.29) is 0 Å². The Morgan fingerprint density at radius 1 is 1.60 bits per heavy atom. The van der Waals surface area contributed by atoms with Crippen LogP contribution in [0.15, 0.2) is 12.3 Å². The highest BCUT2D eigenvalue weighted by molar-refractivity contribution is 5.95. The first kappa shape index (κ1) is 11.1. The third-order valence-electron chi connectivity index (χ3n) is 1.85. The molecule has 1 amide bonds. The topological polar surface area (TPSA) is 97.2 Å². The molecule has 0 fully saturated rings. The average molecular weight is 211 g/mol. The van der Waals surface area contributed by atoms with E-state index in [2.05, 4.69) is 15.0 Å². The Labute approximate surface area is 86.8 Å².